The van der Waals surface area contributed by atoms with E-state index in [2.05, 4.69) is 28.1 Å². The van der Waals surface area contributed by atoms with E-state index >= 15 is 0 Å². The number of hydrogen-bond donors (Lipinski definition) is 0. The lowest BCUT2D eigenvalue weighted by atomic mass is 9.73. The van der Waals surface area contributed by atoms with Crippen molar-refractivity contribution >= 4 is 17.2 Å². The molecule has 1 amide bonds. The van der Waals surface area contributed by atoms with Gasteiger partial charge in [0, 0.05) is 38.3 Å². The van der Waals surface area contributed by atoms with Crippen LogP contribution in [0.2, 0.25) is 0 Å². The highest BCUT2D eigenvalue weighted by Gasteiger charge is 2.38. The van der Waals surface area contributed by atoms with Gasteiger partial charge in [0.05, 0.1) is 11.2 Å². The van der Waals surface area contributed by atoms with Gasteiger partial charge in [0.1, 0.15) is 23.1 Å². The average molecular weight is 522 g/mol. The molecule has 5 nitrogen and oxygen atoms in total. The number of thiazole rings is 1. The summed E-state index contributed by atoms with van der Waals surface area (Å²) < 4.78 is 20.9. The Labute approximate surface area is 223 Å². The van der Waals surface area contributed by atoms with E-state index in [9.17, 15) is 9.18 Å². The zero-order valence-electron chi connectivity index (χ0n) is 21.6. The third-order valence-electron chi connectivity index (χ3n) is 8.00. The lowest BCUT2D eigenvalue weighted by Gasteiger charge is -2.45. The minimum Gasteiger partial charge on any atom is -0.492 e. The number of likely N-dealkylation sites (tertiary alicyclic amines) is 1. The number of ether oxygens (including phenoxy) is 1. The molecule has 1 fully saturated rings. The van der Waals surface area contributed by atoms with Crippen molar-refractivity contribution in [1.29, 1.82) is 0 Å². The van der Waals surface area contributed by atoms with E-state index in [1.807, 2.05) is 30.0 Å². The quantitative estimate of drug-likeness (QED) is 0.417. The van der Waals surface area contributed by atoms with Crippen LogP contribution >= 0.6 is 11.3 Å². The topological polar surface area (TPSA) is 45.7 Å². The molecule has 0 N–H and O–H groups in total. The summed E-state index contributed by atoms with van der Waals surface area (Å²) >= 11 is 1.43. The normalized spacial score (nSPS) is 18.9. The molecule has 0 radical (unpaired) electrons. The van der Waals surface area contributed by atoms with E-state index in [1.54, 1.807) is 17.6 Å². The molecule has 0 unspecified atom stereocenters. The number of nitrogens with zero attached hydrogens (tertiary/aromatic N) is 3. The van der Waals surface area contributed by atoms with Crippen molar-refractivity contribution in [3.05, 3.63) is 81.6 Å². The molecule has 3 heterocycles. The fourth-order valence-corrected chi connectivity index (χ4v) is 6.60. The van der Waals surface area contributed by atoms with E-state index in [0.29, 0.717) is 13.2 Å². The van der Waals surface area contributed by atoms with Gasteiger partial charge in [-0.25, -0.2) is 9.37 Å². The number of fused-ring (bicyclic) bond motifs is 1. The summed E-state index contributed by atoms with van der Waals surface area (Å²) in [6, 6.07) is 15.4. The molecule has 1 spiro atoms. The van der Waals surface area contributed by atoms with Crippen molar-refractivity contribution in [2.75, 3.05) is 32.8 Å². The van der Waals surface area contributed by atoms with Crippen LogP contribution in [0, 0.1) is 18.2 Å². The van der Waals surface area contributed by atoms with Crippen molar-refractivity contribution < 1.29 is 13.9 Å². The van der Waals surface area contributed by atoms with Crippen molar-refractivity contribution in [3.8, 4) is 5.75 Å². The number of halogens is 1. The van der Waals surface area contributed by atoms with Crippen LogP contribution in [0.1, 0.15) is 58.6 Å². The van der Waals surface area contributed by atoms with Crippen LogP contribution in [0.3, 0.4) is 0 Å². The van der Waals surface area contributed by atoms with Gasteiger partial charge < -0.3 is 9.64 Å². The summed E-state index contributed by atoms with van der Waals surface area (Å²) in [5.41, 5.74) is 4.65. The number of carbonyl (C=O) groups excluding carboxylic acids is 1. The Balaban J connectivity index is 1.34. The number of piperidine rings is 1. The van der Waals surface area contributed by atoms with Crippen molar-refractivity contribution in [1.82, 2.24) is 14.8 Å². The largest absolute Gasteiger partial charge is 0.492 e. The molecule has 3 aromatic rings. The Kier molecular flexibility index (Phi) is 8.20. The number of benzene rings is 2. The van der Waals surface area contributed by atoms with Crippen LogP contribution in [-0.2, 0) is 13.0 Å². The summed E-state index contributed by atoms with van der Waals surface area (Å²) in [7, 11) is 0. The Bertz CT molecular complexity index is 1200. The molecule has 1 saturated heterocycles. The maximum absolute atomic E-state index is 14.6. The molecule has 0 bridgehead atoms. The number of aromatic nitrogens is 1. The molecule has 2 aromatic carbocycles. The summed E-state index contributed by atoms with van der Waals surface area (Å²) in [5.74, 6) is 0.916. The molecule has 2 aliphatic rings. The van der Waals surface area contributed by atoms with Crippen LogP contribution in [0.4, 0.5) is 4.39 Å². The zero-order chi connectivity index (χ0) is 25.7. The molecule has 7 heteroatoms. The maximum Gasteiger partial charge on any atom is 0.265 e. The van der Waals surface area contributed by atoms with Gasteiger partial charge in [0.2, 0.25) is 0 Å². The number of amides is 1. The summed E-state index contributed by atoms with van der Waals surface area (Å²) in [4.78, 5) is 22.5. The molecule has 1 aromatic heterocycles. The predicted molar refractivity (Wildman–Crippen MR) is 146 cm³/mol. The van der Waals surface area contributed by atoms with Crippen LogP contribution in [0.25, 0.3) is 0 Å². The molecule has 0 saturated carbocycles. The zero-order valence-corrected chi connectivity index (χ0v) is 22.4. The lowest BCUT2D eigenvalue weighted by Crippen LogP contribution is -2.48. The first-order valence-electron chi connectivity index (χ1n) is 13.4. The Hall–Kier alpha value is -2.77. The molecule has 37 heavy (non-hydrogen) atoms. The van der Waals surface area contributed by atoms with Gasteiger partial charge in [-0.15, -0.1) is 11.3 Å². The smallest absolute Gasteiger partial charge is 0.265 e. The van der Waals surface area contributed by atoms with Gasteiger partial charge in [0.25, 0.3) is 5.91 Å². The molecule has 0 atom stereocenters. The summed E-state index contributed by atoms with van der Waals surface area (Å²) in [6.45, 7) is 6.15. The third kappa shape index (κ3) is 6.21. The number of hydrogen-bond acceptors (Lipinski definition) is 5. The van der Waals surface area contributed by atoms with Crippen LogP contribution in [0.15, 0.2) is 54.0 Å². The van der Waals surface area contributed by atoms with Crippen LogP contribution in [-0.4, -0.2) is 53.5 Å². The third-order valence-corrected chi connectivity index (χ3v) is 8.92. The number of para-hydroxylation sites is 1. The maximum atomic E-state index is 14.6. The molecule has 196 valence electrons. The van der Waals surface area contributed by atoms with E-state index < -0.39 is 0 Å². The highest BCUT2D eigenvalue weighted by atomic mass is 32.1. The van der Waals surface area contributed by atoms with E-state index in [-0.39, 0.29) is 17.1 Å². The van der Waals surface area contributed by atoms with E-state index in [4.69, 9.17) is 4.74 Å². The molecular formula is C30H36FN3O2S. The average Bonchev–Trinajstić information content (AvgIpc) is 3.34. The molecule has 2 aliphatic heterocycles. The highest BCUT2D eigenvalue weighted by Crippen LogP contribution is 2.39. The lowest BCUT2D eigenvalue weighted by molar-refractivity contribution is 0.0361. The first kappa shape index (κ1) is 25.9. The molecule has 5 rings (SSSR count). The number of carbonyl (C=O) groups is 1. The van der Waals surface area contributed by atoms with Crippen LogP contribution in [0.5, 0.6) is 5.75 Å². The highest BCUT2D eigenvalue weighted by molar-refractivity contribution is 7.11. The molecule has 0 aliphatic carbocycles. The SMILES string of the molecule is Cc1ncsc1C(=O)N1CCC2(CCCCc3ccccc3OCCN(Cc3ccccc3F)C2)CC1. The fourth-order valence-electron chi connectivity index (χ4n) is 5.83. The summed E-state index contributed by atoms with van der Waals surface area (Å²) in [6.07, 6.45) is 6.29. The van der Waals surface area contributed by atoms with Gasteiger partial charge >= 0.3 is 0 Å². The van der Waals surface area contributed by atoms with Crippen molar-refractivity contribution in [2.24, 2.45) is 5.41 Å². The van der Waals surface area contributed by atoms with Crippen molar-refractivity contribution in [3.63, 3.8) is 0 Å². The summed E-state index contributed by atoms with van der Waals surface area (Å²) in [5, 5.41) is 0. The Morgan fingerprint density at radius 2 is 1.84 bits per heavy atom. The first-order chi connectivity index (χ1) is 18.0. The number of rotatable bonds is 3. The standard InChI is InChI=1S/C30H36FN3O2S/c1-23-28(37-22-32-23)29(35)34-16-14-30(15-17-34)13-7-6-9-24-8-3-5-12-27(24)36-19-18-33(21-30)20-25-10-2-4-11-26(25)31/h2-5,8,10-12,22H,6-7,9,13-21H2,1H3. The second-order valence-electron chi connectivity index (χ2n) is 10.5. The van der Waals surface area contributed by atoms with Gasteiger partial charge in [-0.3, -0.25) is 9.69 Å². The predicted octanol–water partition coefficient (Wildman–Crippen LogP) is 6.12. The van der Waals surface area contributed by atoms with Crippen LogP contribution < -0.4 is 4.74 Å². The van der Waals surface area contributed by atoms with Gasteiger partial charge in [-0.05, 0) is 62.1 Å². The van der Waals surface area contributed by atoms with Gasteiger partial charge in [0.15, 0.2) is 0 Å². The second kappa shape index (κ2) is 11.7. The minimum atomic E-state index is -0.158. The van der Waals surface area contributed by atoms with Gasteiger partial charge in [-0.1, -0.05) is 42.8 Å². The minimum absolute atomic E-state index is 0.101. The monoisotopic (exact) mass is 521 g/mol. The number of aryl methyl sites for hydroxylation is 2. The Morgan fingerprint density at radius 1 is 1.05 bits per heavy atom. The fraction of sp³-hybridized carbons (Fsp3) is 0.467. The Morgan fingerprint density at radius 3 is 2.62 bits per heavy atom. The van der Waals surface area contributed by atoms with E-state index in [1.165, 1.54) is 16.9 Å². The van der Waals surface area contributed by atoms with Crippen molar-refractivity contribution in [2.45, 2.75) is 52.0 Å². The second-order valence-corrected chi connectivity index (χ2v) is 11.4. The van der Waals surface area contributed by atoms with Gasteiger partial charge in [-0.2, -0.15) is 0 Å². The van der Waals surface area contributed by atoms with E-state index in [0.717, 1.165) is 86.6 Å². The molecular weight excluding hydrogens is 485 g/mol. The first-order valence-corrected chi connectivity index (χ1v) is 14.3.